The maximum Gasteiger partial charge on any atom is 0.0839 e. The monoisotopic (exact) mass is 197 g/mol. The van der Waals surface area contributed by atoms with E-state index in [-0.39, 0.29) is 11.2 Å². The van der Waals surface area contributed by atoms with Gasteiger partial charge in [0.15, 0.2) is 0 Å². The fourth-order valence-electron chi connectivity index (χ4n) is 2.55. The average Bonchev–Trinajstić information content (AvgIpc) is 2.15. The van der Waals surface area contributed by atoms with E-state index in [0.717, 1.165) is 19.0 Å². The molecule has 1 aliphatic carbocycles. The lowest BCUT2D eigenvalue weighted by Crippen LogP contribution is -2.66. The molecule has 0 aromatic rings. The van der Waals surface area contributed by atoms with Gasteiger partial charge in [-0.25, -0.2) is 0 Å². The standard InChI is InChI=1S/C12H23NO/c1-9(2)11(4)7-13-8-12(14-11)6-5-10(12)3/h9-10,13H,5-8H2,1-4H3. The molecular weight excluding hydrogens is 174 g/mol. The Hall–Kier alpha value is -0.0800. The van der Waals surface area contributed by atoms with E-state index in [1.807, 2.05) is 0 Å². The quantitative estimate of drug-likeness (QED) is 0.696. The maximum atomic E-state index is 6.41. The minimum absolute atomic E-state index is 0.0347. The molecule has 82 valence electrons. The van der Waals surface area contributed by atoms with Gasteiger partial charge in [-0.1, -0.05) is 20.8 Å². The van der Waals surface area contributed by atoms with Gasteiger partial charge in [0.1, 0.15) is 0 Å². The highest BCUT2D eigenvalue weighted by Crippen LogP contribution is 2.46. The molecule has 0 aromatic heterocycles. The Balaban J connectivity index is 2.11. The Labute approximate surface area is 87.4 Å². The third-order valence-corrected chi connectivity index (χ3v) is 4.46. The second-order valence-electron chi connectivity index (χ2n) is 5.68. The fourth-order valence-corrected chi connectivity index (χ4v) is 2.55. The first-order chi connectivity index (χ1) is 6.49. The van der Waals surface area contributed by atoms with Crippen LogP contribution in [0.15, 0.2) is 0 Å². The number of rotatable bonds is 1. The van der Waals surface area contributed by atoms with Crippen LogP contribution in [0.2, 0.25) is 0 Å². The molecule has 0 amide bonds. The van der Waals surface area contributed by atoms with Crippen molar-refractivity contribution < 1.29 is 4.74 Å². The van der Waals surface area contributed by atoms with Crippen molar-refractivity contribution in [3.8, 4) is 0 Å². The summed E-state index contributed by atoms with van der Waals surface area (Å²) in [6.07, 6.45) is 2.57. The van der Waals surface area contributed by atoms with Crippen molar-refractivity contribution >= 4 is 0 Å². The Morgan fingerprint density at radius 1 is 1.36 bits per heavy atom. The van der Waals surface area contributed by atoms with Crippen molar-refractivity contribution in [2.75, 3.05) is 13.1 Å². The molecule has 1 spiro atoms. The average molecular weight is 197 g/mol. The lowest BCUT2D eigenvalue weighted by molar-refractivity contribution is -0.242. The van der Waals surface area contributed by atoms with E-state index in [9.17, 15) is 0 Å². The molecule has 0 radical (unpaired) electrons. The third-order valence-electron chi connectivity index (χ3n) is 4.46. The zero-order chi connectivity index (χ0) is 10.4. The van der Waals surface area contributed by atoms with E-state index in [1.165, 1.54) is 12.8 Å². The van der Waals surface area contributed by atoms with Crippen LogP contribution in [0.5, 0.6) is 0 Å². The zero-order valence-electron chi connectivity index (χ0n) is 9.89. The zero-order valence-corrected chi connectivity index (χ0v) is 9.89. The highest BCUT2D eigenvalue weighted by molar-refractivity contribution is 5.04. The van der Waals surface area contributed by atoms with E-state index >= 15 is 0 Å². The second-order valence-corrected chi connectivity index (χ2v) is 5.68. The molecule has 2 heteroatoms. The number of hydrogen-bond acceptors (Lipinski definition) is 2. The van der Waals surface area contributed by atoms with Crippen molar-refractivity contribution in [2.45, 2.75) is 51.7 Å². The summed E-state index contributed by atoms with van der Waals surface area (Å²) in [6, 6.07) is 0. The van der Waals surface area contributed by atoms with Crippen LogP contribution in [0.1, 0.15) is 40.5 Å². The molecule has 2 nitrogen and oxygen atoms in total. The largest absolute Gasteiger partial charge is 0.366 e. The van der Waals surface area contributed by atoms with E-state index in [4.69, 9.17) is 4.74 Å². The van der Waals surface area contributed by atoms with Gasteiger partial charge in [0.25, 0.3) is 0 Å². The van der Waals surface area contributed by atoms with Crippen molar-refractivity contribution in [1.82, 2.24) is 5.32 Å². The molecule has 0 bridgehead atoms. The van der Waals surface area contributed by atoms with E-state index in [2.05, 4.69) is 33.0 Å². The molecule has 1 heterocycles. The van der Waals surface area contributed by atoms with Gasteiger partial charge in [0.05, 0.1) is 11.2 Å². The summed E-state index contributed by atoms with van der Waals surface area (Å²) < 4.78 is 6.41. The van der Waals surface area contributed by atoms with E-state index < -0.39 is 0 Å². The van der Waals surface area contributed by atoms with Gasteiger partial charge in [-0.2, -0.15) is 0 Å². The van der Waals surface area contributed by atoms with Crippen LogP contribution >= 0.6 is 0 Å². The van der Waals surface area contributed by atoms with Crippen LogP contribution in [-0.4, -0.2) is 24.3 Å². The van der Waals surface area contributed by atoms with Gasteiger partial charge in [0.2, 0.25) is 0 Å². The minimum atomic E-state index is 0.0347. The summed E-state index contributed by atoms with van der Waals surface area (Å²) in [5.74, 6) is 1.31. The van der Waals surface area contributed by atoms with Gasteiger partial charge in [-0.05, 0) is 31.6 Å². The molecule has 1 saturated heterocycles. The molecule has 1 saturated carbocycles. The molecule has 1 aliphatic heterocycles. The van der Waals surface area contributed by atoms with Crippen molar-refractivity contribution in [2.24, 2.45) is 11.8 Å². The summed E-state index contributed by atoms with van der Waals surface area (Å²) in [4.78, 5) is 0. The first-order valence-corrected chi connectivity index (χ1v) is 5.89. The Morgan fingerprint density at radius 3 is 2.50 bits per heavy atom. The second kappa shape index (κ2) is 3.21. The fraction of sp³-hybridized carbons (Fsp3) is 1.00. The van der Waals surface area contributed by atoms with Crippen molar-refractivity contribution in [3.05, 3.63) is 0 Å². The van der Waals surface area contributed by atoms with Gasteiger partial charge in [0, 0.05) is 13.1 Å². The summed E-state index contributed by atoms with van der Waals surface area (Å²) in [5.41, 5.74) is 0.199. The van der Waals surface area contributed by atoms with Crippen LogP contribution in [0.4, 0.5) is 0 Å². The minimum Gasteiger partial charge on any atom is -0.366 e. The predicted octanol–water partition coefficient (Wildman–Crippen LogP) is 2.19. The number of morpholine rings is 1. The molecule has 1 N–H and O–H groups in total. The topological polar surface area (TPSA) is 21.3 Å². The lowest BCUT2D eigenvalue weighted by Gasteiger charge is -2.57. The molecule has 0 aromatic carbocycles. The number of hydrogen-bond donors (Lipinski definition) is 1. The van der Waals surface area contributed by atoms with Crippen LogP contribution in [0.3, 0.4) is 0 Å². The highest BCUT2D eigenvalue weighted by atomic mass is 16.5. The molecular formula is C12H23NO. The summed E-state index contributed by atoms with van der Waals surface area (Å²) in [5, 5.41) is 3.55. The molecule has 3 unspecified atom stereocenters. The molecule has 2 fully saturated rings. The number of ether oxygens (including phenoxy) is 1. The third kappa shape index (κ3) is 1.40. The van der Waals surface area contributed by atoms with Crippen molar-refractivity contribution in [3.63, 3.8) is 0 Å². The summed E-state index contributed by atoms with van der Waals surface area (Å²) in [7, 11) is 0. The smallest absolute Gasteiger partial charge is 0.0839 e. The normalized spacial score (nSPS) is 48.2. The van der Waals surface area contributed by atoms with Gasteiger partial charge >= 0.3 is 0 Å². The summed E-state index contributed by atoms with van der Waals surface area (Å²) >= 11 is 0. The van der Waals surface area contributed by atoms with Crippen LogP contribution < -0.4 is 5.32 Å². The predicted molar refractivity (Wildman–Crippen MR) is 58.3 cm³/mol. The van der Waals surface area contributed by atoms with Crippen LogP contribution in [-0.2, 0) is 4.74 Å². The van der Waals surface area contributed by atoms with Gasteiger partial charge in [-0.15, -0.1) is 0 Å². The van der Waals surface area contributed by atoms with Crippen molar-refractivity contribution in [1.29, 1.82) is 0 Å². The van der Waals surface area contributed by atoms with Crippen LogP contribution in [0, 0.1) is 11.8 Å². The first kappa shape index (κ1) is 10.4. The first-order valence-electron chi connectivity index (χ1n) is 5.89. The van der Waals surface area contributed by atoms with Crippen LogP contribution in [0.25, 0.3) is 0 Å². The Morgan fingerprint density at radius 2 is 2.07 bits per heavy atom. The number of nitrogens with one attached hydrogen (secondary N) is 1. The van der Waals surface area contributed by atoms with E-state index in [1.54, 1.807) is 0 Å². The van der Waals surface area contributed by atoms with Gasteiger partial charge in [-0.3, -0.25) is 0 Å². The molecule has 3 atom stereocenters. The highest BCUT2D eigenvalue weighted by Gasteiger charge is 2.52. The molecule has 2 rings (SSSR count). The Bertz CT molecular complexity index is 218. The SMILES string of the molecule is CC(C)C1(C)CNCC2(CCC2C)O1. The summed E-state index contributed by atoms with van der Waals surface area (Å²) in [6.45, 7) is 11.1. The lowest BCUT2D eigenvalue weighted by atomic mass is 9.68. The Kier molecular flexibility index (Phi) is 2.39. The van der Waals surface area contributed by atoms with Gasteiger partial charge < -0.3 is 10.1 Å². The molecule has 14 heavy (non-hydrogen) atoms. The molecule has 2 aliphatic rings. The van der Waals surface area contributed by atoms with E-state index in [0.29, 0.717) is 5.92 Å². The maximum absolute atomic E-state index is 6.41.